The summed E-state index contributed by atoms with van der Waals surface area (Å²) in [7, 11) is 0. The van der Waals surface area contributed by atoms with E-state index in [1.54, 1.807) is 5.57 Å². The number of hydrogen-bond donors (Lipinski definition) is 1. The third-order valence-electron chi connectivity index (χ3n) is 9.74. The lowest BCUT2D eigenvalue weighted by molar-refractivity contribution is 0.0299. The molecule has 0 bridgehead atoms. The quantitative estimate of drug-likeness (QED) is 0.349. The first-order valence-corrected chi connectivity index (χ1v) is 13.8. The predicted octanol–water partition coefficient (Wildman–Crippen LogP) is 8.06. The van der Waals surface area contributed by atoms with E-state index < -0.39 is 5.60 Å². The Balaban J connectivity index is 1.72. The third kappa shape index (κ3) is 6.06. The fraction of sp³-hybridized carbons (Fsp3) is 0.774. The van der Waals surface area contributed by atoms with E-state index in [1.807, 2.05) is 13.8 Å². The maximum absolute atomic E-state index is 10.1. The van der Waals surface area contributed by atoms with Gasteiger partial charge in [-0.1, -0.05) is 63.5 Å². The maximum atomic E-state index is 10.1. The topological polar surface area (TPSA) is 53.2 Å². The molecule has 0 radical (unpaired) electrons. The minimum absolute atomic E-state index is 0.219. The van der Waals surface area contributed by atoms with Crippen LogP contribution in [0.25, 0.3) is 0 Å². The highest BCUT2D eigenvalue weighted by Crippen LogP contribution is 2.67. The van der Waals surface area contributed by atoms with Crippen molar-refractivity contribution in [1.29, 1.82) is 5.26 Å². The molecule has 0 aliphatic heterocycles. The van der Waals surface area contributed by atoms with Gasteiger partial charge in [-0.15, -0.1) is 0 Å². The van der Waals surface area contributed by atoms with Crippen molar-refractivity contribution < 1.29 is 9.84 Å². The predicted molar refractivity (Wildman–Crippen MR) is 141 cm³/mol. The molecule has 0 spiro atoms. The highest BCUT2D eigenvalue weighted by atomic mass is 16.5. The average molecular weight is 468 g/mol. The molecule has 5 atom stereocenters. The van der Waals surface area contributed by atoms with Gasteiger partial charge in [0.1, 0.15) is 0 Å². The molecule has 3 saturated carbocycles. The first kappa shape index (κ1) is 27.2. The number of fused-ring (bicyclic) bond motifs is 1. The highest BCUT2D eigenvalue weighted by Gasteiger charge is 2.57. The molecule has 3 nitrogen and oxygen atoms in total. The van der Waals surface area contributed by atoms with E-state index in [-0.39, 0.29) is 11.5 Å². The Morgan fingerprint density at radius 3 is 2.71 bits per heavy atom. The summed E-state index contributed by atoms with van der Waals surface area (Å²) in [4.78, 5) is 0. The van der Waals surface area contributed by atoms with Gasteiger partial charge in [-0.25, -0.2) is 0 Å². The van der Waals surface area contributed by atoms with Crippen molar-refractivity contribution >= 4 is 0 Å². The number of nitrogens with zero attached hydrogens (tertiary/aromatic N) is 1. The molecule has 34 heavy (non-hydrogen) atoms. The molecule has 3 unspecified atom stereocenters. The normalized spacial score (nSPS) is 35.4. The molecule has 3 fully saturated rings. The summed E-state index contributed by atoms with van der Waals surface area (Å²) >= 11 is 0. The summed E-state index contributed by atoms with van der Waals surface area (Å²) in [5.41, 5.74) is 4.31. The van der Waals surface area contributed by atoms with Crippen LogP contribution in [0.3, 0.4) is 0 Å². The van der Waals surface area contributed by atoms with E-state index in [4.69, 9.17) is 10.00 Å². The number of ether oxygens (including phenoxy) is 1. The zero-order valence-electron chi connectivity index (χ0n) is 22.6. The fourth-order valence-corrected chi connectivity index (χ4v) is 7.39. The van der Waals surface area contributed by atoms with Gasteiger partial charge in [0.25, 0.3) is 0 Å². The van der Waals surface area contributed by atoms with Crippen LogP contribution >= 0.6 is 0 Å². The van der Waals surface area contributed by atoms with Crippen LogP contribution in [0.2, 0.25) is 0 Å². The van der Waals surface area contributed by atoms with Crippen LogP contribution in [0, 0.1) is 34.0 Å². The van der Waals surface area contributed by atoms with Crippen molar-refractivity contribution in [2.75, 3.05) is 6.61 Å². The smallest absolute Gasteiger partial charge is 0.0645 e. The summed E-state index contributed by atoms with van der Waals surface area (Å²) in [6.45, 7) is 16.3. The maximum Gasteiger partial charge on any atom is 0.0645 e. The van der Waals surface area contributed by atoms with Gasteiger partial charge in [0.2, 0.25) is 0 Å². The standard InChI is InChI=1S/C31H49NO2/c1-23-12-15-27(34-21-9-20-32)22-25(23)13-14-26-11-8-18-31(6)28(16-19-30(26,31)5)24(2)10-7-17-29(3,4)33/h13-14,24,27-28,33H,1,7-12,15-19,21-22H2,2-6H3/t24?,27?,28?,30-,31+/m0/s1. The summed E-state index contributed by atoms with van der Waals surface area (Å²) in [5.74, 6) is 1.47. The Morgan fingerprint density at radius 2 is 2.00 bits per heavy atom. The molecular formula is C31H49NO2. The Morgan fingerprint density at radius 1 is 1.24 bits per heavy atom. The minimum Gasteiger partial charge on any atom is -0.390 e. The van der Waals surface area contributed by atoms with Crippen molar-refractivity contribution in [2.24, 2.45) is 22.7 Å². The monoisotopic (exact) mass is 467 g/mol. The number of hydrogen-bond acceptors (Lipinski definition) is 3. The first-order chi connectivity index (χ1) is 16.0. The second kappa shape index (κ2) is 11.1. The lowest BCUT2D eigenvalue weighted by atomic mass is 9.53. The summed E-state index contributed by atoms with van der Waals surface area (Å²) in [6, 6.07) is 2.18. The van der Waals surface area contributed by atoms with E-state index in [0.29, 0.717) is 24.4 Å². The van der Waals surface area contributed by atoms with E-state index in [0.717, 1.165) is 38.0 Å². The molecule has 0 saturated heterocycles. The fourth-order valence-electron chi connectivity index (χ4n) is 7.39. The largest absolute Gasteiger partial charge is 0.390 e. The van der Waals surface area contributed by atoms with Crippen LogP contribution in [0.1, 0.15) is 112 Å². The molecule has 3 heteroatoms. The molecule has 0 aromatic rings. The molecule has 0 amide bonds. The average Bonchev–Trinajstić information content (AvgIpc) is 3.04. The van der Waals surface area contributed by atoms with Gasteiger partial charge in [0.05, 0.1) is 30.8 Å². The number of rotatable bonds is 9. The first-order valence-electron chi connectivity index (χ1n) is 13.8. The Kier molecular flexibility index (Phi) is 8.91. The highest BCUT2D eigenvalue weighted by molar-refractivity contribution is 5.37. The van der Waals surface area contributed by atoms with Gasteiger partial charge in [-0.2, -0.15) is 5.26 Å². The van der Waals surface area contributed by atoms with Crippen LogP contribution in [0.4, 0.5) is 0 Å². The second-order valence-corrected chi connectivity index (χ2v) is 12.6. The number of aliphatic hydroxyl groups is 1. The molecule has 3 rings (SSSR count). The van der Waals surface area contributed by atoms with Gasteiger partial charge >= 0.3 is 0 Å². The lowest BCUT2D eigenvalue weighted by Gasteiger charge is -2.51. The van der Waals surface area contributed by atoms with Crippen molar-refractivity contribution in [3.8, 4) is 6.07 Å². The number of allylic oxidation sites excluding steroid dienone is 4. The Bertz CT molecular complexity index is 825. The molecule has 190 valence electrons. The van der Waals surface area contributed by atoms with Crippen LogP contribution < -0.4 is 0 Å². The van der Waals surface area contributed by atoms with E-state index in [1.165, 1.54) is 49.7 Å². The van der Waals surface area contributed by atoms with Gasteiger partial charge in [0.15, 0.2) is 0 Å². The lowest BCUT2D eigenvalue weighted by Crippen LogP contribution is -2.43. The van der Waals surface area contributed by atoms with E-state index >= 15 is 0 Å². The van der Waals surface area contributed by atoms with Gasteiger partial charge in [0, 0.05) is 0 Å². The molecule has 1 N–H and O–H groups in total. The van der Waals surface area contributed by atoms with Crippen molar-refractivity contribution in [3.05, 3.63) is 35.5 Å². The zero-order valence-corrected chi connectivity index (χ0v) is 22.6. The number of nitriles is 1. The zero-order chi connectivity index (χ0) is 25.0. The molecule has 0 aromatic carbocycles. The SMILES string of the molecule is C=C1CCC(OCCC#N)CC1=CC=C1CCC[C@]2(C)C(C(C)CCCC(C)(C)O)CC[C@@]12C. The minimum atomic E-state index is -0.551. The van der Waals surface area contributed by atoms with Gasteiger partial charge in [-0.3, -0.25) is 0 Å². The summed E-state index contributed by atoms with van der Waals surface area (Å²) in [6.07, 6.45) is 18.1. The van der Waals surface area contributed by atoms with Crippen molar-refractivity contribution in [1.82, 2.24) is 0 Å². The summed E-state index contributed by atoms with van der Waals surface area (Å²) < 4.78 is 5.95. The van der Waals surface area contributed by atoms with Crippen LogP contribution in [-0.2, 0) is 4.74 Å². The summed E-state index contributed by atoms with van der Waals surface area (Å²) in [5, 5.41) is 18.9. The van der Waals surface area contributed by atoms with E-state index in [2.05, 4.69) is 45.6 Å². The van der Waals surface area contributed by atoms with Crippen LogP contribution in [0.5, 0.6) is 0 Å². The van der Waals surface area contributed by atoms with Crippen molar-refractivity contribution in [2.45, 2.75) is 123 Å². The Labute approximate surface area is 209 Å². The molecule has 3 aliphatic rings. The van der Waals surface area contributed by atoms with Gasteiger partial charge < -0.3 is 9.84 Å². The van der Waals surface area contributed by atoms with Crippen LogP contribution in [0.15, 0.2) is 35.5 Å². The molecule has 0 heterocycles. The molecule has 3 aliphatic carbocycles. The molecular weight excluding hydrogens is 418 g/mol. The Hall–Kier alpha value is -1.37. The van der Waals surface area contributed by atoms with Crippen LogP contribution in [-0.4, -0.2) is 23.4 Å². The van der Waals surface area contributed by atoms with Crippen molar-refractivity contribution in [3.63, 3.8) is 0 Å². The third-order valence-corrected chi connectivity index (χ3v) is 9.74. The van der Waals surface area contributed by atoms with E-state index in [9.17, 15) is 5.11 Å². The molecule has 0 aromatic heterocycles. The van der Waals surface area contributed by atoms with Gasteiger partial charge in [-0.05, 0) is 99.9 Å². The second-order valence-electron chi connectivity index (χ2n) is 12.6.